The second-order valence-corrected chi connectivity index (χ2v) is 7.66. The predicted molar refractivity (Wildman–Crippen MR) is 102 cm³/mol. The molecule has 1 aromatic carbocycles. The first-order valence-corrected chi connectivity index (χ1v) is 9.20. The smallest absolute Gasteiger partial charge is 0.423 e. The van der Waals surface area contributed by atoms with E-state index < -0.39 is 35.9 Å². The molecule has 4 rings (SSSR count). The van der Waals surface area contributed by atoms with Crippen LogP contribution in [0.1, 0.15) is 41.8 Å². The molecule has 0 atom stereocenters. The van der Waals surface area contributed by atoms with Crippen molar-refractivity contribution in [2.24, 2.45) is 0 Å². The van der Waals surface area contributed by atoms with Crippen molar-refractivity contribution in [2.45, 2.75) is 32.0 Å². The Hall–Kier alpha value is -2.59. The third kappa shape index (κ3) is 3.58. The average Bonchev–Trinajstić information content (AvgIpc) is 2.81. The number of hydrogen-bond acceptors (Lipinski definition) is 5. The van der Waals surface area contributed by atoms with Gasteiger partial charge in [0.05, 0.1) is 16.7 Å². The highest BCUT2D eigenvalue weighted by atomic mass is 19.4. The second kappa shape index (κ2) is 6.74. The van der Waals surface area contributed by atoms with E-state index in [1.165, 1.54) is 6.07 Å². The first-order valence-electron chi connectivity index (χ1n) is 9.20. The number of aromatic nitrogens is 1. The molecule has 0 aliphatic carbocycles. The molecule has 2 aliphatic heterocycles. The fourth-order valence-corrected chi connectivity index (χ4v) is 3.58. The van der Waals surface area contributed by atoms with Gasteiger partial charge in [-0.25, -0.2) is 4.98 Å². The number of fused-ring (bicyclic) bond motifs is 1. The van der Waals surface area contributed by atoms with E-state index in [-0.39, 0.29) is 11.5 Å². The Morgan fingerprint density at radius 3 is 2.66 bits per heavy atom. The first-order chi connectivity index (χ1) is 13.6. The van der Waals surface area contributed by atoms with Crippen LogP contribution in [-0.4, -0.2) is 36.1 Å². The standard InChI is InChI=1S/C19H19BF3N3O3/c1-18(2)13-5-4-11(8-15(13)20(28)29-18)25-17(27)12-10-24-16(26-6-3-7-26)9-14(12)19(21,22)23/h4-5,8-10,28H,3,6-7H2,1-2H3,(H,25,27). The zero-order valence-corrected chi connectivity index (χ0v) is 15.9. The summed E-state index contributed by atoms with van der Waals surface area (Å²) in [6.07, 6.45) is -2.84. The number of anilines is 2. The predicted octanol–water partition coefficient (Wildman–Crippen LogP) is 2.52. The molecule has 0 radical (unpaired) electrons. The van der Waals surface area contributed by atoms with Crippen LogP contribution in [0.5, 0.6) is 0 Å². The van der Waals surface area contributed by atoms with Crippen LogP contribution in [0.25, 0.3) is 0 Å². The number of carbonyl (C=O) groups excluding carboxylic acids is 1. The van der Waals surface area contributed by atoms with Crippen molar-refractivity contribution in [2.75, 3.05) is 23.3 Å². The van der Waals surface area contributed by atoms with Gasteiger partial charge in [0.1, 0.15) is 5.82 Å². The minimum atomic E-state index is -4.69. The van der Waals surface area contributed by atoms with Gasteiger partial charge in [-0.05, 0) is 49.5 Å². The van der Waals surface area contributed by atoms with Gasteiger partial charge < -0.3 is 19.9 Å². The van der Waals surface area contributed by atoms with Gasteiger partial charge in [0.25, 0.3) is 5.91 Å². The van der Waals surface area contributed by atoms with E-state index >= 15 is 0 Å². The average molecular weight is 405 g/mol. The molecule has 152 valence electrons. The highest BCUT2D eigenvalue weighted by molar-refractivity contribution is 6.62. The van der Waals surface area contributed by atoms with Gasteiger partial charge in [-0.2, -0.15) is 13.2 Å². The molecule has 2 N–H and O–H groups in total. The fraction of sp³-hybridized carbons (Fsp3) is 0.368. The molecule has 1 fully saturated rings. The first kappa shape index (κ1) is 19.7. The number of nitrogens with zero attached hydrogens (tertiary/aromatic N) is 2. The maximum Gasteiger partial charge on any atom is 0.492 e. The van der Waals surface area contributed by atoms with Crippen LogP contribution in [-0.2, 0) is 16.4 Å². The van der Waals surface area contributed by atoms with Gasteiger partial charge >= 0.3 is 13.3 Å². The Bertz CT molecular complexity index is 977. The van der Waals surface area contributed by atoms with Crippen LogP contribution >= 0.6 is 0 Å². The summed E-state index contributed by atoms with van der Waals surface area (Å²) in [6.45, 7) is 4.87. The molecule has 3 heterocycles. The molecule has 0 unspecified atom stereocenters. The lowest BCUT2D eigenvalue weighted by molar-refractivity contribution is -0.137. The maximum atomic E-state index is 13.6. The van der Waals surface area contributed by atoms with Gasteiger partial charge in [-0.3, -0.25) is 4.79 Å². The Balaban J connectivity index is 1.63. The van der Waals surface area contributed by atoms with Crippen LogP contribution in [0.4, 0.5) is 24.7 Å². The molecule has 29 heavy (non-hydrogen) atoms. The molecular weight excluding hydrogens is 386 g/mol. The Morgan fingerprint density at radius 1 is 1.31 bits per heavy atom. The van der Waals surface area contributed by atoms with Crippen molar-refractivity contribution in [3.05, 3.63) is 47.2 Å². The third-order valence-corrected chi connectivity index (χ3v) is 5.25. The number of pyridine rings is 1. The number of halogens is 3. The number of amides is 1. The van der Waals surface area contributed by atoms with E-state index in [1.807, 2.05) is 0 Å². The molecule has 1 aromatic heterocycles. The fourth-order valence-electron chi connectivity index (χ4n) is 3.58. The van der Waals surface area contributed by atoms with Crippen LogP contribution in [0.2, 0.25) is 0 Å². The van der Waals surface area contributed by atoms with Crippen molar-refractivity contribution < 1.29 is 27.6 Å². The zero-order chi connectivity index (χ0) is 21.0. The van der Waals surface area contributed by atoms with E-state index in [2.05, 4.69) is 10.3 Å². The molecule has 2 aromatic rings. The lowest BCUT2D eigenvalue weighted by Crippen LogP contribution is -2.38. The van der Waals surface area contributed by atoms with E-state index in [0.717, 1.165) is 24.2 Å². The summed E-state index contributed by atoms with van der Waals surface area (Å²) < 4.78 is 46.1. The molecule has 1 saturated heterocycles. The molecule has 0 saturated carbocycles. The topological polar surface area (TPSA) is 74.7 Å². The van der Waals surface area contributed by atoms with Crippen molar-refractivity contribution in [1.82, 2.24) is 4.98 Å². The van der Waals surface area contributed by atoms with E-state index in [0.29, 0.717) is 18.6 Å². The van der Waals surface area contributed by atoms with Crippen LogP contribution < -0.4 is 15.7 Å². The number of alkyl halides is 3. The van der Waals surface area contributed by atoms with Crippen molar-refractivity contribution in [1.29, 1.82) is 0 Å². The summed E-state index contributed by atoms with van der Waals surface area (Å²) in [4.78, 5) is 18.4. The number of carbonyl (C=O) groups is 1. The monoisotopic (exact) mass is 405 g/mol. The van der Waals surface area contributed by atoms with Crippen LogP contribution in [0.3, 0.4) is 0 Å². The van der Waals surface area contributed by atoms with E-state index in [4.69, 9.17) is 4.65 Å². The Labute approximate surface area is 165 Å². The van der Waals surface area contributed by atoms with Crippen molar-refractivity contribution in [3.63, 3.8) is 0 Å². The quantitative estimate of drug-likeness (QED) is 0.768. The molecule has 0 bridgehead atoms. The van der Waals surface area contributed by atoms with Gasteiger partial charge in [0, 0.05) is 25.0 Å². The van der Waals surface area contributed by atoms with Crippen molar-refractivity contribution in [3.8, 4) is 0 Å². The number of hydrogen-bond donors (Lipinski definition) is 2. The lowest BCUT2D eigenvalue weighted by atomic mass is 9.78. The molecule has 6 nitrogen and oxygen atoms in total. The van der Waals surface area contributed by atoms with Gasteiger partial charge in [-0.15, -0.1) is 0 Å². The minimum absolute atomic E-state index is 0.208. The van der Waals surface area contributed by atoms with Gasteiger partial charge in [-0.1, -0.05) is 6.07 Å². The minimum Gasteiger partial charge on any atom is -0.423 e. The summed E-state index contributed by atoms with van der Waals surface area (Å²) in [6, 6.07) is 5.66. The zero-order valence-electron chi connectivity index (χ0n) is 15.9. The number of benzene rings is 1. The SMILES string of the molecule is CC1(C)OB(O)c2cc(NC(=O)c3cnc(N4CCC4)cc3C(F)(F)F)ccc21. The second-order valence-electron chi connectivity index (χ2n) is 7.66. The van der Waals surface area contributed by atoms with E-state index in [1.54, 1.807) is 30.9 Å². The summed E-state index contributed by atoms with van der Waals surface area (Å²) in [5, 5.41) is 12.5. The van der Waals surface area contributed by atoms with Crippen LogP contribution in [0, 0.1) is 0 Å². The molecule has 1 amide bonds. The third-order valence-electron chi connectivity index (χ3n) is 5.25. The summed E-state index contributed by atoms with van der Waals surface area (Å²) in [7, 11) is -1.17. The number of nitrogens with one attached hydrogen (secondary N) is 1. The molecule has 0 spiro atoms. The summed E-state index contributed by atoms with van der Waals surface area (Å²) in [5.74, 6) is -0.715. The highest BCUT2D eigenvalue weighted by Crippen LogP contribution is 2.35. The van der Waals surface area contributed by atoms with Gasteiger partial charge in [0.2, 0.25) is 0 Å². The maximum absolute atomic E-state index is 13.6. The summed E-state index contributed by atoms with van der Waals surface area (Å²) in [5.41, 5.74) is -0.808. The summed E-state index contributed by atoms with van der Waals surface area (Å²) >= 11 is 0. The largest absolute Gasteiger partial charge is 0.492 e. The Morgan fingerprint density at radius 2 is 2.03 bits per heavy atom. The van der Waals surface area contributed by atoms with E-state index in [9.17, 15) is 23.0 Å². The normalized spacial score (nSPS) is 17.7. The highest BCUT2D eigenvalue weighted by Gasteiger charge is 2.41. The number of rotatable bonds is 3. The lowest BCUT2D eigenvalue weighted by Gasteiger charge is -2.32. The Kier molecular flexibility index (Phi) is 4.58. The van der Waals surface area contributed by atoms with Crippen molar-refractivity contribution >= 4 is 30.0 Å². The molecule has 10 heteroatoms. The van der Waals surface area contributed by atoms with Crippen LogP contribution in [0.15, 0.2) is 30.5 Å². The molecule has 2 aliphatic rings. The molecular formula is C19H19BF3N3O3. The van der Waals surface area contributed by atoms with Gasteiger partial charge in [0.15, 0.2) is 0 Å².